The summed E-state index contributed by atoms with van der Waals surface area (Å²) < 4.78 is 16.0. The average molecular weight is 333 g/mol. The third kappa shape index (κ3) is 5.38. The number of benzene rings is 1. The van der Waals surface area contributed by atoms with Gasteiger partial charge in [0.25, 0.3) is 5.91 Å². The minimum atomic E-state index is -0.404. The van der Waals surface area contributed by atoms with Crippen LogP contribution in [0.25, 0.3) is 11.0 Å². The molecule has 0 atom stereocenters. The number of rotatable bonds is 8. The van der Waals surface area contributed by atoms with Gasteiger partial charge in [-0.1, -0.05) is 0 Å². The number of carbonyl (C=O) groups excluding carboxylic acids is 1. The van der Waals surface area contributed by atoms with Crippen molar-refractivity contribution in [2.75, 3.05) is 19.8 Å². The molecule has 0 aliphatic heterocycles. The second-order valence-electron chi connectivity index (χ2n) is 5.82. The summed E-state index contributed by atoms with van der Waals surface area (Å²) in [4.78, 5) is 23.1. The second-order valence-corrected chi connectivity index (χ2v) is 5.82. The molecule has 0 unspecified atom stereocenters. The van der Waals surface area contributed by atoms with E-state index in [2.05, 4.69) is 5.32 Å². The van der Waals surface area contributed by atoms with Crippen molar-refractivity contribution in [2.45, 2.75) is 33.3 Å². The Balaban J connectivity index is 1.82. The third-order valence-electron chi connectivity index (χ3n) is 3.39. The van der Waals surface area contributed by atoms with E-state index < -0.39 is 5.63 Å². The lowest BCUT2D eigenvalue weighted by Gasteiger charge is -2.09. The first-order valence-corrected chi connectivity index (χ1v) is 8.01. The number of fused-ring (bicyclic) bond motifs is 1. The van der Waals surface area contributed by atoms with Crippen LogP contribution in [0.2, 0.25) is 0 Å². The van der Waals surface area contributed by atoms with E-state index in [1.54, 1.807) is 12.1 Å². The maximum absolute atomic E-state index is 11.7. The molecule has 1 amide bonds. The van der Waals surface area contributed by atoms with Crippen molar-refractivity contribution in [3.63, 3.8) is 0 Å². The molecule has 6 nitrogen and oxygen atoms in total. The first kappa shape index (κ1) is 18.0. The Morgan fingerprint density at radius 3 is 2.83 bits per heavy atom. The molecule has 0 radical (unpaired) electrons. The van der Waals surface area contributed by atoms with E-state index in [4.69, 9.17) is 13.9 Å². The number of carbonyl (C=O) groups is 1. The predicted octanol–water partition coefficient (Wildman–Crippen LogP) is 2.41. The van der Waals surface area contributed by atoms with Crippen molar-refractivity contribution in [3.8, 4) is 5.75 Å². The number of aryl methyl sites for hydroxylation is 1. The third-order valence-corrected chi connectivity index (χ3v) is 3.39. The van der Waals surface area contributed by atoms with Crippen LogP contribution in [0.15, 0.2) is 33.5 Å². The molecule has 130 valence electrons. The van der Waals surface area contributed by atoms with Crippen molar-refractivity contribution >= 4 is 16.9 Å². The lowest BCUT2D eigenvalue weighted by molar-refractivity contribution is -0.123. The van der Waals surface area contributed by atoms with Gasteiger partial charge >= 0.3 is 5.63 Å². The van der Waals surface area contributed by atoms with E-state index >= 15 is 0 Å². The summed E-state index contributed by atoms with van der Waals surface area (Å²) in [5.74, 6) is 0.278. The van der Waals surface area contributed by atoms with Crippen molar-refractivity contribution in [2.24, 2.45) is 0 Å². The summed E-state index contributed by atoms with van der Waals surface area (Å²) in [5, 5.41) is 3.61. The fourth-order valence-corrected chi connectivity index (χ4v) is 2.21. The van der Waals surface area contributed by atoms with E-state index in [9.17, 15) is 9.59 Å². The highest BCUT2D eigenvalue weighted by Gasteiger charge is 2.06. The zero-order chi connectivity index (χ0) is 17.5. The Morgan fingerprint density at radius 1 is 1.29 bits per heavy atom. The van der Waals surface area contributed by atoms with Crippen LogP contribution in [-0.4, -0.2) is 31.8 Å². The summed E-state index contributed by atoms with van der Waals surface area (Å²) in [7, 11) is 0. The van der Waals surface area contributed by atoms with Gasteiger partial charge in [0, 0.05) is 30.7 Å². The molecule has 6 heteroatoms. The van der Waals surface area contributed by atoms with Crippen molar-refractivity contribution < 1.29 is 18.7 Å². The molecular weight excluding hydrogens is 310 g/mol. The van der Waals surface area contributed by atoms with E-state index in [0.717, 1.165) is 17.4 Å². The summed E-state index contributed by atoms with van der Waals surface area (Å²) in [6.45, 7) is 6.85. The zero-order valence-corrected chi connectivity index (χ0v) is 14.3. The predicted molar refractivity (Wildman–Crippen MR) is 91.4 cm³/mol. The average Bonchev–Trinajstić information content (AvgIpc) is 2.51. The summed E-state index contributed by atoms with van der Waals surface area (Å²) in [6, 6.07) is 6.62. The Hall–Kier alpha value is -2.34. The van der Waals surface area contributed by atoms with E-state index in [1.807, 2.05) is 26.8 Å². The Morgan fingerprint density at radius 2 is 2.08 bits per heavy atom. The molecule has 1 aromatic heterocycles. The molecule has 24 heavy (non-hydrogen) atoms. The van der Waals surface area contributed by atoms with Crippen LogP contribution in [0.3, 0.4) is 0 Å². The molecule has 0 aliphatic rings. The number of nitrogens with one attached hydrogen (secondary N) is 1. The second kappa shape index (κ2) is 8.49. The molecule has 0 saturated carbocycles. The SMILES string of the molecule is Cc1cc(=O)oc2cc(OCC(=O)NCCCOC(C)C)ccc12. The summed E-state index contributed by atoms with van der Waals surface area (Å²) in [5.41, 5.74) is 0.886. The van der Waals surface area contributed by atoms with Crippen LogP contribution in [0.4, 0.5) is 0 Å². The molecule has 2 rings (SSSR count). The maximum atomic E-state index is 11.7. The first-order valence-electron chi connectivity index (χ1n) is 8.01. The lowest BCUT2D eigenvalue weighted by Crippen LogP contribution is -2.30. The molecule has 1 heterocycles. The van der Waals surface area contributed by atoms with Crippen LogP contribution < -0.4 is 15.7 Å². The number of ether oxygens (including phenoxy) is 2. The number of hydrogen-bond donors (Lipinski definition) is 1. The minimum absolute atomic E-state index is 0.0907. The highest BCUT2D eigenvalue weighted by Crippen LogP contribution is 2.22. The highest BCUT2D eigenvalue weighted by atomic mass is 16.5. The van der Waals surface area contributed by atoms with Gasteiger partial charge in [-0.3, -0.25) is 4.79 Å². The van der Waals surface area contributed by atoms with Gasteiger partial charge < -0.3 is 19.2 Å². The largest absolute Gasteiger partial charge is 0.484 e. The molecule has 0 spiro atoms. The monoisotopic (exact) mass is 333 g/mol. The fraction of sp³-hybridized carbons (Fsp3) is 0.444. The number of amides is 1. The fourth-order valence-electron chi connectivity index (χ4n) is 2.21. The Kier molecular flexibility index (Phi) is 6.37. The molecule has 0 fully saturated rings. The van der Waals surface area contributed by atoms with Gasteiger partial charge in [-0.15, -0.1) is 0 Å². The maximum Gasteiger partial charge on any atom is 0.336 e. The molecule has 0 bridgehead atoms. The van der Waals surface area contributed by atoms with Crippen molar-refractivity contribution in [1.29, 1.82) is 0 Å². The first-order chi connectivity index (χ1) is 11.5. The van der Waals surface area contributed by atoms with Crippen LogP contribution >= 0.6 is 0 Å². The molecule has 2 aromatic rings. The van der Waals surface area contributed by atoms with Gasteiger partial charge in [0.1, 0.15) is 11.3 Å². The quantitative estimate of drug-likeness (QED) is 0.593. The van der Waals surface area contributed by atoms with Crippen LogP contribution in [-0.2, 0) is 9.53 Å². The topological polar surface area (TPSA) is 77.8 Å². The van der Waals surface area contributed by atoms with Gasteiger partial charge in [-0.2, -0.15) is 0 Å². The van der Waals surface area contributed by atoms with Crippen molar-refractivity contribution in [3.05, 3.63) is 40.2 Å². The van der Waals surface area contributed by atoms with E-state index in [-0.39, 0.29) is 18.6 Å². The van der Waals surface area contributed by atoms with E-state index in [1.165, 1.54) is 6.07 Å². The van der Waals surface area contributed by atoms with E-state index in [0.29, 0.717) is 24.5 Å². The van der Waals surface area contributed by atoms with Gasteiger partial charge in [0.2, 0.25) is 0 Å². The van der Waals surface area contributed by atoms with Gasteiger partial charge in [-0.25, -0.2) is 4.79 Å². The van der Waals surface area contributed by atoms with Crippen molar-refractivity contribution in [1.82, 2.24) is 5.32 Å². The van der Waals surface area contributed by atoms with Gasteiger partial charge in [0.15, 0.2) is 6.61 Å². The van der Waals surface area contributed by atoms with Crippen LogP contribution in [0, 0.1) is 6.92 Å². The normalized spacial score (nSPS) is 11.0. The molecule has 1 aromatic carbocycles. The molecule has 1 N–H and O–H groups in total. The highest BCUT2D eigenvalue weighted by molar-refractivity contribution is 5.81. The lowest BCUT2D eigenvalue weighted by atomic mass is 10.1. The van der Waals surface area contributed by atoms with Crippen LogP contribution in [0.5, 0.6) is 5.75 Å². The summed E-state index contributed by atoms with van der Waals surface area (Å²) in [6.07, 6.45) is 0.949. The van der Waals surface area contributed by atoms with Gasteiger partial charge in [-0.05, 0) is 44.9 Å². The molecule has 0 aliphatic carbocycles. The van der Waals surface area contributed by atoms with Crippen LogP contribution in [0.1, 0.15) is 25.8 Å². The smallest absolute Gasteiger partial charge is 0.336 e. The Bertz CT molecular complexity index is 751. The summed E-state index contributed by atoms with van der Waals surface area (Å²) >= 11 is 0. The molecule has 0 saturated heterocycles. The number of hydrogen-bond acceptors (Lipinski definition) is 5. The minimum Gasteiger partial charge on any atom is -0.484 e. The standard InChI is InChI=1S/C18H23NO5/c1-12(2)22-8-4-7-19-17(20)11-23-14-5-6-15-13(3)9-18(21)24-16(15)10-14/h5-6,9-10,12H,4,7-8,11H2,1-3H3,(H,19,20). The van der Waals surface area contributed by atoms with Gasteiger partial charge in [0.05, 0.1) is 6.10 Å². The zero-order valence-electron chi connectivity index (χ0n) is 14.3. The Labute approximate surface area is 140 Å². The molecular formula is C18H23NO5.